The van der Waals surface area contributed by atoms with Crippen LogP contribution in [0.25, 0.3) is 22.6 Å². The second-order valence-electron chi connectivity index (χ2n) is 5.81. The van der Waals surface area contributed by atoms with E-state index in [4.69, 9.17) is 9.47 Å². The largest absolute Gasteiger partial charge is 2.00 e. The minimum absolute atomic E-state index is 0. The van der Waals surface area contributed by atoms with Gasteiger partial charge in [-0.25, -0.2) is 0 Å². The molecule has 32 heavy (non-hydrogen) atoms. The van der Waals surface area contributed by atoms with Crippen molar-refractivity contribution in [3.63, 3.8) is 0 Å². The summed E-state index contributed by atoms with van der Waals surface area (Å²) in [6, 6.07) is 13.0. The molecule has 168 valence electrons. The molecule has 1 aromatic carbocycles. The number of ether oxygens (including phenoxy) is 2. The van der Waals surface area contributed by atoms with Crippen LogP contribution in [-0.2, 0) is 27.2 Å². The van der Waals surface area contributed by atoms with E-state index in [1.54, 1.807) is 26.4 Å². The van der Waals surface area contributed by atoms with E-state index < -0.39 is 11.9 Å². The molecule has 0 bridgehead atoms. The first-order valence-electron chi connectivity index (χ1n) is 8.68. The van der Waals surface area contributed by atoms with Gasteiger partial charge < -0.3 is 19.7 Å². The number of hydrogen-bond acceptors (Lipinski definition) is 7. The summed E-state index contributed by atoms with van der Waals surface area (Å²) < 4.78 is 46.5. The zero-order chi connectivity index (χ0) is 22.3. The SMILES string of the molecule is COc1c[c-]c(-c2ccc(OC)nn2)cc1.FC(F)(F)c1cc(-c2cnccn2)[n-]n1.[Pt+2]. The van der Waals surface area contributed by atoms with Crippen molar-refractivity contribution in [3.05, 3.63) is 66.7 Å². The molecule has 3 aromatic heterocycles. The van der Waals surface area contributed by atoms with E-state index in [2.05, 4.69) is 36.4 Å². The second kappa shape index (κ2) is 11.3. The molecule has 8 nitrogen and oxygen atoms in total. The normalized spacial score (nSPS) is 10.4. The van der Waals surface area contributed by atoms with Crippen molar-refractivity contribution >= 4 is 0 Å². The molecule has 0 amide bonds. The van der Waals surface area contributed by atoms with Crippen LogP contribution in [0.2, 0.25) is 0 Å². The van der Waals surface area contributed by atoms with Gasteiger partial charge in [-0.2, -0.15) is 18.3 Å². The summed E-state index contributed by atoms with van der Waals surface area (Å²) >= 11 is 0. The first-order chi connectivity index (χ1) is 14.9. The van der Waals surface area contributed by atoms with Crippen molar-refractivity contribution in [3.8, 4) is 34.3 Å². The number of alkyl halides is 3. The summed E-state index contributed by atoms with van der Waals surface area (Å²) in [5.74, 6) is 1.27. The van der Waals surface area contributed by atoms with Gasteiger partial charge >= 0.3 is 27.2 Å². The molecule has 0 fully saturated rings. The quantitative estimate of drug-likeness (QED) is 0.319. The molecule has 0 saturated carbocycles. The van der Waals surface area contributed by atoms with Gasteiger partial charge in [0.1, 0.15) is 5.69 Å². The Labute approximate surface area is 195 Å². The smallest absolute Gasteiger partial charge is 0.573 e. The van der Waals surface area contributed by atoms with Crippen LogP contribution in [0.5, 0.6) is 11.6 Å². The van der Waals surface area contributed by atoms with Crippen molar-refractivity contribution in [1.29, 1.82) is 0 Å². The predicted molar refractivity (Wildman–Crippen MR) is 103 cm³/mol. The Hall–Kier alpha value is -3.33. The van der Waals surface area contributed by atoms with Gasteiger partial charge in [-0.05, 0) is 12.1 Å². The third kappa shape index (κ3) is 6.58. The molecule has 4 rings (SSSR count). The van der Waals surface area contributed by atoms with Gasteiger partial charge in [0.05, 0.1) is 26.1 Å². The zero-order valence-electron chi connectivity index (χ0n) is 16.6. The number of benzene rings is 1. The maximum atomic E-state index is 12.2. The van der Waals surface area contributed by atoms with Gasteiger partial charge in [-0.3, -0.25) is 9.97 Å². The molecule has 0 atom stereocenters. The number of methoxy groups -OCH3 is 2. The fraction of sp³-hybridized carbons (Fsp3) is 0.150. The minimum atomic E-state index is -4.48. The van der Waals surface area contributed by atoms with E-state index in [1.807, 2.05) is 18.2 Å². The van der Waals surface area contributed by atoms with Crippen LogP contribution in [0.4, 0.5) is 13.2 Å². The monoisotopic (exact) mass is 623 g/mol. The third-order valence-electron chi connectivity index (χ3n) is 3.80. The maximum absolute atomic E-state index is 12.2. The topological polar surface area (TPSA) is 97.0 Å². The fourth-order valence-electron chi connectivity index (χ4n) is 2.26. The van der Waals surface area contributed by atoms with Crippen molar-refractivity contribution in [2.24, 2.45) is 0 Å². The van der Waals surface area contributed by atoms with Gasteiger partial charge in [0.2, 0.25) is 5.88 Å². The van der Waals surface area contributed by atoms with Crippen LogP contribution in [0.3, 0.4) is 0 Å². The Morgan fingerprint density at radius 2 is 1.78 bits per heavy atom. The molecule has 0 spiro atoms. The van der Waals surface area contributed by atoms with Gasteiger partial charge in [-0.1, -0.05) is 11.8 Å². The van der Waals surface area contributed by atoms with Crippen molar-refractivity contribution in [1.82, 2.24) is 30.4 Å². The van der Waals surface area contributed by atoms with Crippen LogP contribution < -0.4 is 14.6 Å². The van der Waals surface area contributed by atoms with E-state index in [9.17, 15) is 13.2 Å². The molecule has 0 unspecified atom stereocenters. The van der Waals surface area contributed by atoms with Gasteiger partial charge in [0.15, 0.2) is 0 Å². The molecule has 0 radical (unpaired) electrons. The van der Waals surface area contributed by atoms with Gasteiger partial charge in [0, 0.05) is 23.8 Å². The Balaban J connectivity index is 0.000000220. The van der Waals surface area contributed by atoms with Crippen LogP contribution in [-0.4, -0.2) is 39.5 Å². The maximum Gasteiger partial charge on any atom is 2.00 e. The van der Waals surface area contributed by atoms with E-state index in [1.165, 1.54) is 18.6 Å². The second-order valence-corrected chi connectivity index (χ2v) is 5.81. The molecule has 3 heterocycles. The van der Waals surface area contributed by atoms with E-state index in [-0.39, 0.29) is 32.5 Å². The average Bonchev–Trinajstić information content (AvgIpc) is 3.31. The molecule has 4 aromatic rings. The first kappa shape index (κ1) is 24.9. The molecule has 0 N–H and O–H groups in total. The molecule has 12 heteroatoms. The fourth-order valence-corrected chi connectivity index (χ4v) is 2.26. The molecule has 0 aliphatic carbocycles. The number of halogens is 3. The van der Waals surface area contributed by atoms with E-state index in [0.717, 1.165) is 23.1 Å². The number of nitrogens with zero attached hydrogens (tertiary/aromatic N) is 6. The Morgan fingerprint density at radius 3 is 2.28 bits per heavy atom. The number of aromatic nitrogens is 6. The Bertz CT molecular complexity index is 1050. The predicted octanol–water partition coefficient (Wildman–Crippen LogP) is 3.47. The van der Waals surface area contributed by atoms with Gasteiger partial charge in [-0.15, -0.1) is 34.9 Å². The summed E-state index contributed by atoms with van der Waals surface area (Å²) in [4.78, 5) is 7.53. The van der Waals surface area contributed by atoms with Crippen LogP contribution in [0, 0.1) is 6.07 Å². The average molecular weight is 623 g/mol. The molecule has 0 aliphatic rings. The summed E-state index contributed by atoms with van der Waals surface area (Å²) in [5, 5.41) is 14.3. The van der Waals surface area contributed by atoms with E-state index >= 15 is 0 Å². The first-order valence-corrected chi connectivity index (χ1v) is 8.68. The summed E-state index contributed by atoms with van der Waals surface area (Å²) in [7, 11) is 3.18. The van der Waals surface area contributed by atoms with Crippen LogP contribution in [0.15, 0.2) is 55.0 Å². The number of hydrogen-bond donors (Lipinski definition) is 0. The zero-order valence-corrected chi connectivity index (χ0v) is 18.9. The number of rotatable bonds is 4. The van der Waals surface area contributed by atoms with Gasteiger partial charge in [0.25, 0.3) is 0 Å². The summed E-state index contributed by atoms with van der Waals surface area (Å²) in [6.07, 6.45) is -0.362. The molecule has 0 saturated heterocycles. The minimum Gasteiger partial charge on any atom is -0.573 e. The third-order valence-corrected chi connectivity index (χ3v) is 3.80. The molecular weight excluding hydrogens is 608 g/mol. The summed E-state index contributed by atoms with van der Waals surface area (Å²) in [5.41, 5.74) is 0.929. The summed E-state index contributed by atoms with van der Waals surface area (Å²) in [6.45, 7) is 0. The molecule has 0 aliphatic heterocycles. The Kier molecular flexibility index (Phi) is 8.83. The Morgan fingerprint density at radius 1 is 0.969 bits per heavy atom. The van der Waals surface area contributed by atoms with Crippen molar-refractivity contribution in [2.45, 2.75) is 6.18 Å². The standard InChI is InChI=1S/C12H11N2O2.C8H4F3N4.Pt/c1-15-10-5-3-9(4-6-10)11-7-8-12(16-2)14-13-11;9-8(10,11)7-3-5(14-15-7)6-4-12-1-2-13-6;/h3,5-8H,1-2H3;1-4H;/q2*-1;+2. The van der Waals surface area contributed by atoms with E-state index in [0.29, 0.717) is 5.88 Å². The van der Waals surface area contributed by atoms with Crippen LogP contribution >= 0.6 is 0 Å². The van der Waals surface area contributed by atoms with Crippen molar-refractivity contribution < 1.29 is 43.7 Å². The molecular formula is C20H15F3N6O2Pt. The van der Waals surface area contributed by atoms with Crippen LogP contribution in [0.1, 0.15) is 5.69 Å². The van der Waals surface area contributed by atoms with Crippen molar-refractivity contribution in [2.75, 3.05) is 14.2 Å².